The van der Waals surface area contributed by atoms with E-state index in [2.05, 4.69) is 41.9 Å². The molecule has 0 aromatic heterocycles. The molecule has 0 bridgehead atoms. The smallest absolute Gasteiger partial charge is 0.335 e. The molecule has 2 rings (SSSR count). The molecule has 0 saturated carbocycles. The third kappa shape index (κ3) is 4.74. The Morgan fingerprint density at radius 3 is 2.33 bits per heavy atom. The molecule has 0 heterocycles. The van der Waals surface area contributed by atoms with Gasteiger partial charge in [0.05, 0.1) is 10.0 Å². The Kier molecular flexibility index (Phi) is 6.26. The van der Waals surface area contributed by atoms with Gasteiger partial charge in [0.25, 0.3) is 0 Å². The van der Waals surface area contributed by atoms with E-state index in [0.29, 0.717) is 29.4 Å². The molecule has 0 amide bonds. The van der Waals surface area contributed by atoms with Gasteiger partial charge in [-0.25, -0.2) is 4.79 Å². The zero-order chi connectivity index (χ0) is 17.7. The zero-order valence-corrected chi connectivity index (χ0v) is 15.6. The number of hydrogen-bond acceptors (Lipinski definition) is 3. The third-order valence-electron chi connectivity index (χ3n) is 3.57. The van der Waals surface area contributed by atoms with Crippen LogP contribution in [0.1, 0.15) is 41.3 Å². The lowest BCUT2D eigenvalue weighted by atomic mass is 10.0. The maximum Gasteiger partial charge on any atom is 0.335 e. The van der Waals surface area contributed by atoms with E-state index in [-0.39, 0.29) is 5.56 Å². The fraction of sp³-hybridized carbons (Fsp3) is 0.316. The Balaban J connectivity index is 1.94. The molecule has 0 aliphatic rings. The minimum absolute atomic E-state index is 0.215. The first-order valence-corrected chi connectivity index (χ1v) is 8.56. The lowest BCUT2D eigenvalue weighted by molar-refractivity contribution is 0.0696. The van der Waals surface area contributed by atoms with Crippen molar-refractivity contribution in [3.05, 3.63) is 57.6 Å². The molecule has 0 aliphatic heterocycles. The summed E-state index contributed by atoms with van der Waals surface area (Å²) in [5.41, 5.74) is 2.54. The second kappa shape index (κ2) is 8.20. The highest BCUT2D eigenvalue weighted by Gasteiger charge is 2.09. The predicted octanol–water partition coefficient (Wildman–Crippen LogP) is 5.04. The van der Waals surface area contributed by atoms with Crippen LogP contribution < -0.4 is 9.47 Å². The van der Waals surface area contributed by atoms with Crippen molar-refractivity contribution >= 4 is 21.9 Å². The molecule has 0 unspecified atom stereocenters. The molecule has 0 spiro atoms. The number of rotatable bonds is 7. The van der Waals surface area contributed by atoms with Crippen molar-refractivity contribution in [1.29, 1.82) is 0 Å². The number of carboxylic acids is 1. The van der Waals surface area contributed by atoms with Gasteiger partial charge in [-0.2, -0.15) is 0 Å². The lowest BCUT2D eigenvalue weighted by Crippen LogP contribution is -2.11. The van der Waals surface area contributed by atoms with Crippen LogP contribution in [0.15, 0.2) is 40.9 Å². The van der Waals surface area contributed by atoms with Crippen molar-refractivity contribution in [2.75, 3.05) is 13.2 Å². The monoisotopic (exact) mass is 392 g/mol. The summed E-state index contributed by atoms with van der Waals surface area (Å²) in [4.78, 5) is 10.9. The van der Waals surface area contributed by atoms with Gasteiger partial charge in [0.2, 0.25) is 0 Å². The number of carboxylic acid groups (broad SMARTS) is 1. The second-order valence-electron chi connectivity index (χ2n) is 5.84. The van der Waals surface area contributed by atoms with Gasteiger partial charge < -0.3 is 14.6 Å². The Morgan fingerprint density at radius 2 is 1.75 bits per heavy atom. The molecule has 1 N–H and O–H groups in total. The molecule has 2 aromatic rings. The van der Waals surface area contributed by atoms with E-state index in [4.69, 9.17) is 14.6 Å². The van der Waals surface area contributed by atoms with Crippen molar-refractivity contribution < 1.29 is 19.4 Å². The normalized spacial score (nSPS) is 10.7. The van der Waals surface area contributed by atoms with Gasteiger partial charge in [0, 0.05) is 0 Å². The van der Waals surface area contributed by atoms with E-state index in [9.17, 15) is 4.79 Å². The third-order valence-corrected chi connectivity index (χ3v) is 4.19. The molecule has 4 nitrogen and oxygen atoms in total. The summed E-state index contributed by atoms with van der Waals surface area (Å²) in [5.74, 6) is 0.899. The molecular weight excluding hydrogens is 372 g/mol. The number of benzene rings is 2. The summed E-state index contributed by atoms with van der Waals surface area (Å²) in [5, 5.41) is 8.95. The summed E-state index contributed by atoms with van der Waals surface area (Å²) in [6.07, 6.45) is 0. The zero-order valence-electron chi connectivity index (χ0n) is 14.0. The minimum Gasteiger partial charge on any atom is -0.490 e. The van der Waals surface area contributed by atoms with Gasteiger partial charge in [-0.1, -0.05) is 26.0 Å². The first-order valence-electron chi connectivity index (χ1n) is 7.77. The minimum atomic E-state index is -0.966. The lowest BCUT2D eigenvalue weighted by Gasteiger charge is -2.15. The SMILES string of the molecule is Cc1ccc(C(C)C)c(OCCOc2ccc(C(=O)O)cc2Br)c1. The Morgan fingerprint density at radius 1 is 1.08 bits per heavy atom. The number of carbonyl (C=O) groups is 1. The summed E-state index contributed by atoms with van der Waals surface area (Å²) < 4.78 is 12.1. The van der Waals surface area contributed by atoms with Crippen LogP contribution in [0.3, 0.4) is 0 Å². The maximum atomic E-state index is 10.9. The summed E-state index contributed by atoms with van der Waals surface area (Å²) in [6, 6.07) is 10.9. The van der Waals surface area contributed by atoms with Gasteiger partial charge in [-0.15, -0.1) is 0 Å². The summed E-state index contributed by atoms with van der Waals surface area (Å²) >= 11 is 3.32. The van der Waals surface area contributed by atoms with Gasteiger partial charge in [0.1, 0.15) is 24.7 Å². The van der Waals surface area contributed by atoms with Crippen molar-refractivity contribution in [3.8, 4) is 11.5 Å². The van der Waals surface area contributed by atoms with Crippen LogP contribution in [-0.4, -0.2) is 24.3 Å². The average Bonchev–Trinajstić information content (AvgIpc) is 2.52. The Bertz CT molecular complexity index is 725. The molecule has 24 heavy (non-hydrogen) atoms. The van der Waals surface area contributed by atoms with Gasteiger partial charge in [-0.05, 0) is 64.2 Å². The molecule has 0 fully saturated rings. The number of aromatic carboxylic acids is 1. The van der Waals surface area contributed by atoms with Crippen molar-refractivity contribution in [2.45, 2.75) is 26.7 Å². The van der Waals surface area contributed by atoms with E-state index in [1.165, 1.54) is 17.7 Å². The Labute approximate surface area is 150 Å². The average molecular weight is 393 g/mol. The van der Waals surface area contributed by atoms with E-state index < -0.39 is 5.97 Å². The fourth-order valence-corrected chi connectivity index (χ4v) is 2.79. The Hall–Kier alpha value is -2.01. The first-order chi connectivity index (χ1) is 11.4. The highest BCUT2D eigenvalue weighted by molar-refractivity contribution is 9.10. The molecule has 128 valence electrons. The molecule has 5 heteroatoms. The molecular formula is C19H21BrO4. The maximum absolute atomic E-state index is 10.9. The van der Waals surface area contributed by atoms with Crippen LogP contribution in [-0.2, 0) is 0 Å². The van der Waals surface area contributed by atoms with Crippen LogP contribution in [0.25, 0.3) is 0 Å². The van der Waals surface area contributed by atoms with Crippen LogP contribution in [0.2, 0.25) is 0 Å². The van der Waals surface area contributed by atoms with Crippen LogP contribution in [0.4, 0.5) is 0 Å². The molecule has 0 atom stereocenters. The second-order valence-corrected chi connectivity index (χ2v) is 6.70. The number of aryl methyl sites for hydroxylation is 1. The largest absolute Gasteiger partial charge is 0.490 e. The number of ether oxygens (including phenoxy) is 2. The first kappa shape index (κ1) is 18.3. The van der Waals surface area contributed by atoms with Crippen molar-refractivity contribution in [3.63, 3.8) is 0 Å². The molecule has 2 aromatic carbocycles. The van der Waals surface area contributed by atoms with E-state index >= 15 is 0 Å². The fourth-order valence-electron chi connectivity index (χ4n) is 2.30. The van der Waals surface area contributed by atoms with Gasteiger partial charge in [-0.3, -0.25) is 0 Å². The van der Waals surface area contributed by atoms with Crippen LogP contribution in [0.5, 0.6) is 11.5 Å². The van der Waals surface area contributed by atoms with Crippen molar-refractivity contribution in [2.24, 2.45) is 0 Å². The number of halogens is 1. The summed E-state index contributed by atoms with van der Waals surface area (Å²) in [6.45, 7) is 7.09. The standard InChI is InChI=1S/C19H21BrO4/c1-12(2)15-6-4-13(3)10-18(15)24-9-8-23-17-7-5-14(19(21)22)11-16(17)20/h4-7,10-12H,8-9H2,1-3H3,(H,21,22). The molecule has 0 radical (unpaired) electrons. The van der Waals surface area contributed by atoms with E-state index in [0.717, 1.165) is 11.3 Å². The topological polar surface area (TPSA) is 55.8 Å². The number of hydrogen-bond donors (Lipinski definition) is 1. The highest BCUT2D eigenvalue weighted by Crippen LogP contribution is 2.28. The molecule has 0 aliphatic carbocycles. The van der Waals surface area contributed by atoms with Crippen LogP contribution in [0, 0.1) is 6.92 Å². The summed E-state index contributed by atoms with van der Waals surface area (Å²) in [7, 11) is 0. The van der Waals surface area contributed by atoms with E-state index in [1.54, 1.807) is 6.07 Å². The predicted molar refractivity (Wildman–Crippen MR) is 97.4 cm³/mol. The highest BCUT2D eigenvalue weighted by atomic mass is 79.9. The molecule has 0 saturated heterocycles. The van der Waals surface area contributed by atoms with Crippen molar-refractivity contribution in [1.82, 2.24) is 0 Å². The van der Waals surface area contributed by atoms with Gasteiger partial charge >= 0.3 is 5.97 Å². The quantitative estimate of drug-likeness (QED) is 0.670. The van der Waals surface area contributed by atoms with E-state index in [1.807, 2.05) is 13.0 Å². The van der Waals surface area contributed by atoms with Crippen LogP contribution >= 0.6 is 15.9 Å². The van der Waals surface area contributed by atoms with Gasteiger partial charge in [0.15, 0.2) is 0 Å².